The molecule has 1 N–H and O–H groups in total. The molecule has 3 aliphatic heterocycles. The molecule has 3 heterocycles. The predicted molar refractivity (Wildman–Crippen MR) is 73.1 cm³/mol. The molecule has 112 valence electrons. The first kappa shape index (κ1) is 13.8. The lowest BCUT2D eigenvalue weighted by atomic mass is 9.77. The second-order valence-electron chi connectivity index (χ2n) is 6.06. The zero-order valence-electron chi connectivity index (χ0n) is 11.9. The van der Waals surface area contributed by atoms with E-state index < -0.39 is 0 Å². The summed E-state index contributed by atoms with van der Waals surface area (Å²) in [5.41, 5.74) is -0.185. The van der Waals surface area contributed by atoms with E-state index in [1.54, 1.807) is 0 Å². The fourth-order valence-electron chi connectivity index (χ4n) is 3.43. The molecule has 0 unspecified atom stereocenters. The zero-order chi connectivity index (χ0) is 14.0. The Morgan fingerprint density at radius 2 is 1.85 bits per heavy atom. The molecule has 0 saturated carbocycles. The van der Waals surface area contributed by atoms with Gasteiger partial charge in [0.25, 0.3) is 0 Å². The SMILES string of the molecule is O=C(CN1CCOCC1)N1CCC2(CCNC2=O)CC1. The maximum absolute atomic E-state index is 12.3. The molecule has 3 fully saturated rings. The number of carbonyl (C=O) groups excluding carboxylic acids is 2. The Bertz CT molecular complexity index is 385. The van der Waals surface area contributed by atoms with Crippen LogP contribution in [0.5, 0.6) is 0 Å². The van der Waals surface area contributed by atoms with Crippen molar-refractivity contribution in [3.63, 3.8) is 0 Å². The fourth-order valence-corrected chi connectivity index (χ4v) is 3.43. The van der Waals surface area contributed by atoms with Crippen LogP contribution in [0.4, 0.5) is 0 Å². The van der Waals surface area contributed by atoms with Gasteiger partial charge in [0.05, 0.1) is 25.2 Å². The molecule has 0 bridgehead atoms. The van der Waals surface area contributed by atoms with Crippen LogP contribution in [-0.2, 0) is 14.3 Å². The molecule has 0 aliphatic carbocycles. The van der Waals surface area contributed by atoms with E-state index in [1.807, 2.05) is 4.90 Å². The van der Waals surface area contributed by atoms with Gasteiger partial charge in [-0.2, -0.15) is 0 Å². The lowest BCUT2D eigenvalue weighted by molar-refractivity contribution is -0.139. The first-order valence-electron chi connectivity index (χ1n) is 7.56. The van der Waals surface area contributed by atoms with Crippen LogP contribution in [0, 0.1) is 5.41 Å². The van der Waals surface area contributed by atoms with Gasteiger partial charge in [-0.25, -0.2) is 0 Å². The standard InChI is InChI=1S/C14H23N3O3/c18-12(11-16-7-9-20-10-8-16)17-5-2-14(3-6-17)1-4-15-13(14)19/h1-11H2,(H,15,19). The Kier molecular flexibility index (Phi) is 3.94. The van der Waals surface area contributed by atoms with E-state index >= 15 is 0 Å². The lowest BCUT2D eigenvalue weighted by Crippen LogP contribution is -2.50. The fraction of sp³-hybridized carbons (Fsp3) is 0.857. The summed E-state index contributed by atoms with van der Waals surface area (Å²) in [5, 5.41) is 2.93. The first-order valence-corrected chi connectivity index (χ1v) is 7.56. The smallest absolute Gasteiger partial charge is 0.236 e. The number of morpholine rings is 1. The summed E-state index contributed by atoms with van der Waals surface area (Å²) >= 11 is 0. The summed E-state index contributed by atoms with van der Waals surface area (Å²) in [6, 6.07) is 0. The van der Waals surface area contributed by atoms with Gasteiger partial charge < -0.3 is 15.0 Å². The molecule has 0 atom stereocenters. The van der Waals surface area contributed by atoms with Crippen molar-refractivity contribution >= 4 is 11.8 Å². The van der Waals surface area contributed by atoms with E-state index in [0.717, 1.165) is 65.2 Å². The minimum absolute atomic E-state index is 0.185. The van der Waals surface area contributed by atoms with Crippen LogP contribution < -0.4 is 5.32 Å². The highest BCUT2D eigenvalue weighted by Crippen LogP contribution is 2.37. The van der Waals surface area contributed by atoms with Crippen molar-refractivity contribution in [2.75, 3.05) is 52.5 Å². The number of nitrogens with one attached hydrogen (secondary N) is 1. The van der Waals surface area contributed by atoms with Gasteiger partial charge in [-0.05, 0) is 19.3 Å². The minimum atomic E-state index is -0.185. The molecule has 6 heteroatoms. The van der Waals surface area contributed by atoms with E-state index in [2.05, 4.69) is 10.2 Å². The second-order valence-corrected chi connectivity index (χ2v) is 6.06. The highest BCUT2D eigenvalue weighted by atomic mass is 16.5. The minimum Gasteiger partial charge on any atom is -0.379 e. The van der Waals surface area contributed by atoms with Crippen molar-refractivity contribution in [3.8, 4) is 0 Å². The Balaban J connectivity index is 1.50. The van der Waals surface area contributed by atoms with Crippen LogP contribution in [0.25, 0.3) is 0 Å². The Hall–Kier alpha value is -1.14. The summed E-state index contributed by atoms with van der Waals surface area (Å²) < 4.78 is 5.29. The monoisotopic (exact) mass is 281 g/mol. The highest BCUT2D eigenvalue weighted by Gasteiger charge is 2.44. The number of hydrogen-bond acceptors (Lipinski definition) is 4. The van der Waals surface area contributed by atoms with Crippen LogP contribution >= 0.6 is 0 Å². The number of carbonyl (C=O) groups is 2. The summed E-state index contributed by atoms with van der Waals surface area (Å²) in [5.74, 6) is 0.387. The Morgan fingerprint density at radius 1 is 1.15 bits per heavy atom. The number of amides is 2. The van der Waals surface area contributed by atoms with Crippen molar-refractivity contribution < 1.29 is 14.3 Å². The summed E-state index contributed by atoms with van der Waals surface area (Å²) in [4.78, 5) is 28.3. The van der Waals surface area contributed by atoms with Gasteiger partial charge in [0.1, 0.15) is 0 Å². The number of nitrogens with zero attached hydrogens (tertiary/aromatic N) is 2. The van der Waals surface area contributed by atoms with Gasteiger partial charge in [-0.3, -0.25) is 14.5 Å². The van der Waals surface area contributed by atoms with E-state index in [0.29, 0.717) is 6.54 Å². The third-order valence-corrected chi connectivity index (χ3v) is 4.91. The number of piperidine rings is 1. The highest BCUT2D eigenvalue weighted by molar-refractivity contribution is 5.85. The predicted octanol–water partition coefficient (Wildman–Crippen LogP) is -0.553. The van der Waals surface area contributed by atoms with Gasteiger partial charge in [-0.15, -0.1) is 0 Å². The summed E-state index contributed by atoms with van der Waals surface area (Å²) in [7, 11) is 0. The molecular formula is C14H23N3O3. The molecule has 0 aromatic heterocycles. The molecule has 3 rings (SSSR count). The van der Waals surface area contributed by atoms with Gasteiger partial charge in [-0.1, -0.05) is 0 Å². The number of rotatable bonds is 2. The molecule has 3 saturated heterocycles. The molecular weight excluding hydrogens is 258 g/mol. The van der Waals surface area contributed by atoms with E-state index in [1.165, 1.54) is 0 Å². The van der Waals surface area contributed by atoms with Gasteiger partial charge in [0, 0.05) is 32.7 Å². The largest absolute Gasteiger partial charge is 0.379 e. The second kappa shape index (κ2) is 5.69. The maximum atomic E-state index is 12.3. The van der Waals surface area contributed by atoms with Gasteiger partial charge in [0.15, 0.2) is 0 Å². The molecule has 3 aliphatic rings. The molecule has 6 nitrogen and oxygen atoms in total. The van der Waals surface area contributed by atoms with Crippen LogP contribution in [0.2, 0.25) is 0 Å². The van der Waals surface area contributed by atoms with E-state index in [9.17, 15) is 9.59 Å². The quantitative estimate of drug-likeness (QED) is 0.737. The van der Waals surface area contributed by atoms with Crippen LogP contribution in [-0.4, -0.2) is 74.1 Å². The average molecular weight is 281 g/mol. The van der Waals surface area contributed by atoms with E-state index in [4.69, 9.17) is 4.74 Å². The van der Waals surface area contributed by atoms with Gasteiger partial charge >= 0.3 is 0 Å². The molecule has 1 spiro atoms. The van der Waals surface area contributed by atoms with Crippen molar-refractivity contribution in [2.45, 2.75) is 19.3 Å². The molecule has 2 amide bonds. The van der Waals surface area contributed by atoms with Crippen molar-refractivity contribution in [2.24, 2.45) is 5.41 Å². The average Bonchev–Trinajstić information content (AvgIpc) is 2.82. The Labute approximate surface area is 119 Å². The third kappa shape index (κ3) is 2.67. The number of hydrogen-bond donors (Lipinski definition) is 1. The van der Waals surface area contributed by atoms with Crippen LogP contribution in [0.15, 0.2) is 0 Å². The van der Waals surface area contributed by atoms with Gasteiger partial charge in [0.2, 0.25) is 11.8 Å². The summed E-state index contributed by atoms with van der Waals surface area (Å²) in [6.07, 6.45) is 2.55. The molecule has 0 aromatic rings. The van der Waals surface area contributed by atoms with Crippen molar-refractivity contribution in [1.82, 2.24) is 15.1 Å². The zero-order valence-corrected chi connectivity index (χ0v) is 11.9. The lowest BCUT2D eigenvalue weighted by Gasteiger charge is -2.38. The summed E-state index contributed by atoms with van der Waals surface area (Å²) in [6.45, 7) is 5.83. The number of ether oxygens (including phenoxy) is 1. The third-order valence-electron chi connectivity index (χ3n) is 4.91. The molecule has 0 radical (unpaired) electrons. The topological polar surface area (TPSA) is 61.9 Å². The molecule has 20 heavy (non-hydrogen) atoms. The van der Waals surface area contributed by atoms with Crippen molar-refractivity contribution in [1.29, 1.82) is 0 Å². The Morgan fingerprint density at radius 3 is 2.45 bits per heavy atom. The normalized spacial score (nSPS) is 26.8. The van der Waals surface area contributed by atoms with E-state index in [-0.39, 0.29) is 17.2 Å². The number of likely N-dealkylation sites (tertiary alicyclic amines) is 1. The van der Waals surface area contributed by atoms with Crippen LogP contribution in [0.3, 0.4) is 0 Å². The maximum Gasteiger partial charge on any atom is 0.236 e. The molecule has 0 aromatic carbocycles. The first-order chi connectivity index (χ1) is 9.70. The van der Waals surface area contributed by atoms with Crippen molar-refractivity contribution in [3.05, 3.63) is 0 Å². The van der Waals surface area contributed by atoms with Crippen LogP contribution in [0.1, 0.15) is 19.3 Å².